The zero-order valence-corrected chi connectivity index (χ0v) is 11.4. The largest absolute Gasteiger partial charge is 0.411 e. The van der Waals surface area contributed by atoms with E-state index in [9.17, 15) is 13.2 Å². The van der Waals surface area contributed by atoms with Crippen LogP contribution in [0.3, 0.4) is 0 Å². The van der Waals surface area contributed by atoms with E-state index in [0.717, 1.165) is 0 Å². The highest BCUT2D eigenvalue weighted by molar-refractivity contribution is 4.89. The van der Waals surface area contributed by atoms with Crippen molar-refractivity contribution >= 4 is 0 Å². The second-order valence-electron chi connectivity index (χ2n) is 4.10. The molecule has 0 fully saturated rings. The van der Waals surface area contributed by atoms with Crippen molar-refractivity contribution in [3.8, 4) is 0 Å². The van der Waals surface area contributed by atoms with Gasteiger partial charge < -0.3 is 14.8 Å². The van der Waals surface area contributed by atoms with E-state index < -0.39 is 12.8 Å². The van der Waals surface area contributed by atoms with E-state index >= 15 is 0 Å². The number of rotatable bonds is 9. The average Bonchev–Trinajstić information content (AvgIpc) is 2.82. The van der Waals surface area contributed by atoms with Crippen molar-refractivity contribution in [3.63, 3.8) is 0 Å². The minimum Gasteiger partial charge on any atom is -0.383 e. The van der Waals surface area contributed by atoms with E-state index in [0.29, 0.717) is 19.0 Å². The number of nitrogens with one attached hydrogen (secondary N) is 1. The van der Waals surface area contributed by atoms with Crippen LogP contribution in [0.25, 0.3) is 0 Å². The summed E-state index contributed by atoms with van der Waals surface area (Å²) in [6.45, 7) is 1.80. The zero-order valence-electron chi connectivity index (χ0n) is 11.4. The van der Waals surface area contributed by atoms with Crippen LogP contribution in [0, 0.1) is 0 Å². The molecular weight excluding hydrogens is 279 g/mol. The molecule has 0 saturated carbocycles. The van der Waals surface area contributed by atoms with Crippen molar-refractivity contribution < 1.29 is 22.6 Å². The molecule has 0 amide bonds. The standard InChI is InChI=1S/C10H18F3N5O2/c1-8(14-3-5-19-2)9-15-16-17-18(9)4-6-20-7-10(11,12)13/h8,14H,3-7H2,1-2H3. The quantitative estimate of drug-likeness (QED) is 0.671. The predicted octanol–water partition coefficient (Wildman–Crippen LogP) is 0.549. The number of hydrogen-bond acceptors (Lipinski definition) is 6. The Bertz CT molecular complexity index is 385. The highest BCUT2D eigenvalue weighted by Crippen LogP contribution is 2.14. The fraction of sp³-hybridized carbons (Fsp3) is 0.900. The van der Waals surface area contributed by atoms with E-state index in [2.05, 4.69) is 25.6 Å². The molecule has 0 saturated heterocycles. The molecule has 0 bridgehead atoms. The van der Waals surface area contributed by atoms with Gasteiger partial charge in [0, 0.05) is 13.7 Å². The van der Waals surface area contributed by atoms with Crippen molar-refractivity contribution in [1.29, 1.82) is 0 Å². The molecule has 0 aliphatic heterocycles. The molecule has 7 nitrogen and oxygen atoms in total. The van der Waals surface area contributed by atoms with Crippen LogP contribution in [-0.2, 0) is 16.0 Å². The highest BCUT2D eigenvalue weighted by Gasteiger charge is 2.27. The third-order valence-electron chi connectivity index (χ3n) is 2.42. The zero-order chi connectivity index (χ0) is 15.0. The molecule has 0 radical (unpaired) electrons. The van der Waals surface area contributed by atoms with Gasteiger partial charge in [-0.3, -0.25) is 0 Å². The molecule has 10 heteroatoms. The summed E-state index contributed by atoms with van der Waals surface area (Å²) in [5, 5.41) is 14.2. The van der Waals surface area contributed by atoms with Crippen molar-refractivity contribution in [1.82, 2.24) is 25.5 Å². The van der Waals surface area contributed by atoms with Gasteiger partial charge in [0.1, 0.15) is 6.61 Å². The highest BCUT2D eigenvalue weighted by atomic mass is 19.4. The second kappa shape index (κ2) is 8.12. The molecule has 0 spiro atoms. The maximum atomic E-state index is 11.9. The maximum Gasteiger partial charge on any atom is 0.411 e. The van der Waals surface area contributed by atoms with Crippen molar-refractivity contribution in [2.24, 2.45) is 0 Å². The molecule has 1 rings (SSSR count). The monoisotopic (exact) mass is 297 g/mol. The van der Waals surface area contributed by atoms with Crippen LogP contribution in [-0.4, -0.2) is 59.9 Å². The molecule has 0 aromatic carbocycles. The number of aromatic nitrogens is 4. The molecular formula is C10H18F3N5O2. The van der Waals surface area contributed by atoms with E-state index in [1.807, 2.05) is 6.92 Å². The van der Waals surface area contributed by atoms with Gasteiger partial charge in [0.25, 0.3) is 0 Å². The summed E-state index contributed by atoms with van der Waals surface area (Å²) in [5.74, 6) is 0.539. The van der Waals surface area contributed by atoms with Crippen LogP contribution in [0.2, 0.25) is 0 Å². The van der Waals surface area contributed by atoms with Crippen LogP contribution in [0.15, 0.2) is 0 Å². The minimum absolute atomic E-state index is 0.109. The minimum atomic E-state index is -4.32. The average molecular weight is 297 g/mol. The number of nitrogens with zero attached hydrogens (tertiary/aromatic N) is 4. The molecule has 0 aliphatic rings. The summed E-state index contributed by atoms with van der Waals surface area (Å²) in [6, 6.07) is -0.136. The molecule has 1 aromatic rings. The summed E-state index contributed by atoms with van der Waals surface area (Å²) in [5.41, 5.74) is 0. The van der Waals surface area contributed by atoms with Crippen LogP contribution in [0.5, 0.6) is 0 Å². The van der Waals surface area contributed by atoms with Crippen LogP contribution in [0.1, 0.15) is 18.8 Å². The normalized spacial score (nSPS) is 13.7. The number of tetrazole rings is 1. The summed E-state index contributed by atoms with van der Waals surface area (Å²) < 4.78 is 46.6. The topological polar surface area (TPSA) is 74.1 Å². The Balaban J connectivity index is 2.38. The molecule has 1 heterocycles. The molecule has 1 unspecified atom stereocenters. The number of hydrogen-bond donors (Lipinski definition) is 1. The van der Waals surface area contributed by atoms with Gasteiger partial charge in [-0.2, -0.15) is 13.2 Å². The molecule has 116 valence electrons. The number of alkyl halides is 3. The smallest absolute Gasteiger partial charge is 0.383 e. The second-order valence-corrected chi connectivity index (χ2v) is 4.10. The summed E-state index contributed by atoms with van der Waals surface area (Å²) >= 11 is 0. The van der Waals surface area contributed by atoms with Crippen molar-refractivity contribution in [2.75, 3.05) is 33.5 Å². The van der Waals surface area contributed by atoms with Gasteiger partial charge in [0.05, 0.1) is 25.8 Å². The summed E-state index contributed by atoms with van der Waals surface area (Å²) in [6.07, 6.45) is -4.32. The van der Waals surface area contributed by atoms with Gasteiger partial charge in [-0.1, -0.05) is 0 Å². The first-order valence-corrected chi connectivity index (χ1v) is 6.07. The number of halogens is 3. The lowest BCUT2D eigenvalue weighted by Crippen LogP contribution is -2.26. The summed E-state index contributed by atoms with van der Waals surface area (Å²) in [4.78, 5) is 0. The van der Waals surface area contributed by atoms with Crippen molar-refractivity contribution in [3.05, 3.63) is 5.82 Å². The van der Waals surface area contributed by atoms with E-state index in [1.54, 1.807) is 7.11 Å². The fourth-order valence-electron chi connectivity index (χ4n) is 1.49. The van der Waals surface area contributed by atoms with E-state index in [-0.39, 0.29) is 19.2 Å². The third-order valence-corrected chi connectivity index (χ3v) is 2.42. The number of ether oxygens (including phenoxy) is 2. The Morgan fingerprint density at radius 3 is 2.75 bits per heavy atom. The molecule has 1 aromatic heterocycles. The Labute approximate surface area is 114 Å². The lowest BCUT2D eigenvalue weighted by atomic mass is 10.3. The Hall–Kier alpha value is -1.26. The van der Waals surface area contributed by atoms with Crippen LogP contribution in [0.4, 0.5) is 13.2 Å². The van der Waals surface area contributed by atoms with E-state index in [1.165, 1.54) is 4.68 Å². The van der Waals surface area contributed by atoms with E-state index in [4.69, 9.17) is 4.74 Å². The van der Waals surface area contributed by atoms with Crippen molar-refractivity contribution in [2.45, 2.75) is 25.7 Å². The first-order chi connectivity index (χ1) is 9.44. The Morgan fingerprint density at radius 2 is 2.10 bits per heavy atom. The molecule has 1 N–H and O–H groups in total. The van der Waals surface area contributed by atoms with Gasteiger partial charge in [0.2, 0.25) is 0 Å². The summed E-state index contributed by atoms with van der Waals surface area (Å²) in [7, 11) is 1.59. The first-order valence-electron chi connectivity index (χ1n) is 6.07. The van der Waals surface area contributed by atoms with Gasteiger partial charge in [-0.25, -0.2) is 4.68 Å². The predicted molar refractivity (Wildman–Crippen MR) is 63.0 cm³/mol. The lowest BCUT2D eigenvalue weighted by molar-refractivity contribution is -0.174. The Morgan fingerprint density at radius 1 is 1.35 bits per heavy atom. The number of methoxy groups -OCH3 is 1. The molecule has 20 heavy (non-hydrogen) atoms. The van der Waals surface area contributed by atoms with Gasteiger partial charge in [-0.15, -0.1) is 5.10 Å². The lowest BCUT2D eigenvalue weighted by Gasteiger charge is -2.13. The van der Waals surface area contributed by atoms with Crippen LogP contribution < -0.4 is 5.32 Å². The SMILES string of the molecule is COCCNC(C)c1nnnn1CCOCC(F)(F)F. The van der Waals surface area contributed by atoms with Gasteiger partial charge >= 0.3 is 6.18 Å². The molecule has 1 atom stereocenters. The maximum absolute atomic E-state index is 11.9. The molecule has 0 aliphatic carbocycles. The third kappa shape index (κ3) is 6.26. The van der Waals surface area contributed by atoms with Gasteiger partial charge in [-0.05, 0) is 17.4 Å². The first kappa shape index (κ1) is 16.8. The van der Waals surface area contributed by atoms with Crippen LogP contribution >= 0.6 is 0 Å². The Kier molecular flexibility index (Phi) is 6.82. The van der Waals surface area contributed by atoms with Gasteiger partial charge in [0.15, 0.2) is 5.82 Å². The fourth-order valence-corrected chi connectivity index (χ4v) is 1.49.